The molecule has 1 aromatic heterocycles. The summed E-state index contributed by atoms with van der Waals surface area (Å²) in [5.41, 5.74) is 2.91. The van der Waals surface area contributed by atoms with Crippen LogP contribution in [0.2, 0.25) is 0 Å². The van der Waals surface area contributed by atoms with Crippen molar-refractivity contribution in [2.45, 2.75) is 12.8 Å². The van der Waals surface area contributed by atoms with Gasteiger partial charge in [0.15, 0.2) is 5.82 Å². The lowest BCUT2D eigenvalue weighted by molar-refractivity contribution is -0.117. The number of para-hydroxylation sites is 3. The first-order valence-corrected chi connectivity index (χ1v) is 10.5. The van der Waals surface area contributed by atoms with Crippen LogP contribution in [0.3, 0.4) is 0 Å². The second-order valence-electron chi connectivity index (χ2n) is 7.49. The van der Waals surface area contributed by atoms with Crippen molar-refractivity contribution in [3.63, 3.8) is 0 Å². The number of carbonyl (C=O) groups excluding carboxylic acids is 2. The van der Waals surface area contributed by atoms with Crippen LogP contribution in [0, 0.1) is 0 Å². The number of nitrogens with one attached hydrogen (secondary N) is 1. The average Bonchev–Trinajstić information content (AvgIpc) is 3.47. The van der Waals surface area contributed by atoms with E-state index in [1.165, 1.54) is 0 Å². The van der Waals surface area contributed by atoms with Crippen molar-refractivity contribution in [3.05, 3.63) is 90.8 Å². The maximum Gasteiger partial charge on any atom is 0.295 e. The number of anilines is 2. The first-order valence-electron chi connectivity index (χ1n) is 10.5. The lowest BCUT2D eigenvalue weighted by atomic mass is 10.2. The van der Waals surface area contributed by atoms with Gasteiger partial charge in [-0.15, -0.1) is 5.10 Å². The lowest BCUT2D eigenvalue weighted by Crippen LogP contribution is -2.25. The minimum atomic E-state index is -0.434. The first-order chi connectivity index (χ1) is 15.7. The summed E-state index contributed by atoms with van der Waals surface area (Å²) in [6.07, 6.45) is 1.33. The molecule has 2 amide bonds. The third-order valence-electron chi connectivity index (χ3n) is 5.36. The molecular weight excluding hydrogens is 402 g/mol. The molecule has 158 valence electrons. The summed E-state index contributed by atoms with van der Waals surface area (Å²) in [6, 6.07) is 26.5. The van der Waals surface area contributed by atoms with Gasteiger partial charge in [0.05, 0.1) is 17.1 Å². The Morgan fingerprint density at radius 1 is 0.875 bits per heavy atom. The zero-order valence-corrected chi connectivity index (χ0v) is 17.3. The molecule has 7 nitrogen and oxygen atoms in total. The van der Waals surface area contributed by atoms with Crippen molar-refractivity contribution in [2.24, 2.45) is 0 Å². The molecule has 5 rings (SSSR count). The third kappa shape index (κ3) is 3.76. The Hall–Kier alpha value is -4.26. The molecule has 0 atom stereocenters. The van der Waals surface area contributed by atoms with Gasteiger partial charge in [0.25, 0.3) is 5.91 Å². The van der Waals surface area contributed by atoms with E-state index in [1.54, 1.807) is 15.6 Å². The Kier molecular flexibility index (Phi) is 5.21. The van der Waals surface area contributed by atoms with Crippen molar-refractivity contribution in [2.75, 3.05) is 16.8 Å². The number of carbonyl (C=O) groups is 2. The number of hydrogen-bond donors (Lipinski definition) is 1. The maximum atomic E-state index is 13.1. The maximum absolute atomic E-state index is 13.1. The number of nitrogens with zero attached hydrogens (tertiary/aromatic N) is 4. The highest BCUT2D eigenvalue weighted by Gasteiger charge is 2.25. The molecule has 1 N–H and O–H groups in total. The smallest absolute Gasteiger partial charge is 0.295 e. The Morgan fingerprint density at radius 2 is 1.56 bits per heavy atom. The Morgan fingerprint density at radius 3 is 2.28 bits per heavy atom. The predicted molar refractivity (Wildman–Crippen MR) is 123 cm³/mol. The second kappa shape index (κ2) is 8.47. The largest absolute Gasteiger partial charge is 0.317 e. The van der Waals surface area contributed by atoms with E-state index in [2.05, 4.69) is 15.4 Å². The topological polar surface area (TPSA) is 80.1 Å². The molecule has 0 radical (unpaired) electrons. The van der Waals surface area contributed by atoms with Crippen LogP contribution in [0.25, 0.3) is 17.1 Å². The number of hydrogen-bond acceptors (Lipinski definition) is 4. The molecule has 0 bridgehead atoms. The monoisotopic (exact) mass is 423 g/mol. The Labute approximate surface area is 185 Å². The molecule has 0 spiro atoms. The molecular formula is C25H21N5O2. The minimum Gasteiger partial charge on any atom is -0.317 e. The molecule has 0 aliphatic carbocycles. The average molecular weight is 423 g/mol. The molecule has 0 saturated carbocycles. The molecule has 7 heteroatoms. The van der Waals surface area contributed by atoms with Gasteiger partial charge in [0.2, 0.25) is 11.7 Å². The molecule has 1 aliphatic rings. The van der Waals surface area contributed by atoms with Gasteiger partial charge in [0.1, 0.15) is 0 Å². The number of aromatic nitrogens is 3. The van der Waals surface area contributed by atoms with Crippen molar-refractivity contribution in [1.82, 2.24) is 14.8 Å². The van der Waals surface area contributed by atoms with Crippen molar-refractivity contribution in [3.8, 4) is 17.1 Å². The van der Waals surface area contributed by atoms with Gasteiger partial charge >= 0.3 is 0 Å². The zero-order valence-electron chi connectivity index (χ0n) is 17.3. The second-order valence-corrected chi connectivity index (χ2v) is 7.49. The van der Waals surface area contributed by atoms with Crippen LogP contribution >= 0.6 is 0 Å². The zero-order chi connectivity index (χ0) is 21.9. The summed E-state index contributed by atoms with van der Waals surface area (Å²) >= 11 is 0. The van der Waals surface area contributed by atoms with E-state index in [0.29, 0.717) is 30.2 Å². The van der Waals surface area contributed by atoms with Gasteiger partial charge in [-0.2, -0.15) is 0 Å². The van der Waals surface area contributed by atoms with Crippen LogP contribution in [-0.4, -0.2) is 33.1 Å². The molecule has 1 fully saturated rings. The van der Waals surface area contributed by atoms with Gasteiger partial charge in [-0.05, 0) is 30.7 Å². The van der Waals surface area contributed by atoms with Crippen LogP contribution in [0.15, 0.2) is 84.9 Å². The normalized spacial score (nSPS) is 13.4. The highest BCUT2D eigenvalue weighted by molar-refractivity contribution is 6.06. The van der Waals surface area contributed by atoms with E-state index in [0.717, 1.165) is 17.7 Å². The standard InChI is InChI=1S/C25H21N5O2/c31-22-16-9-17-29(22)21-15-8-7-14-20(21)26-25(32)23-27-24(18-10-3-1-4-11-18)30(28-23)19-12-5-2-6-13-19/h1-8,10-15H,9,16-17H2,(H,26,32). The summed E-state index contributed by atoms with van der Waals surface area (Å²) in [5.74, 6) is 0.251. The van der Waals surface area contributed by atoms with E-state index in [9.17, 15) is 9.59 Å². The van der Waals surface area contributed by atoms with E-state index >= 15 is 0 Å². The van der Waals surface area contributed by atoms with Crippen LogP contribution in [0.4, 0.5) is 11.4 Å². The summed E-state index contributed by atoms with van der Waals surface area (Å²) in [6.45, 7) is 0.644. The highest BCUT2D eigenvalue weighted by atomic mass is 16.2. The van der Waals surface area contributed by atoms with Gasteiger partial charge in [-0.25, -0.2) is 9.67 Å². The minimum absolute atomic E-state index is 0.0512. The fourth-order valence-electron chi connectivity index (χ4n) is 3.83. The fourth-order valence-corrected chi connectivity index (χ4v) is 3.83. The predicted octanol–water partition coefficient (Wildman–Crippen LogP) is 4.31. The van der Waals surface area contributed by atoms with Gasteiger partial charge < -0.3 is 10.2 Å². The van der Waals surface area contributed by atoms with E-state index < -0.39 is 5.91 Å². The molecule has 1 saturated heterocycles. The summed E-state index contributed by atoms with van der Waals surface area (Å²) < 4.78 is 1.67. The van der Waals surface area contributed by atoms with Crippen molar-refractivity contribution >= 4 is 23.2 Å². The van der Waals surface area contributed by atoms with Gasteiger partial charge in [-0.1, -0.05) is 60.7 Å². The van der Waals surface area contributed by atoms with Gasteiger partial charge in [-0.3, -0.25) is 9.59 Å². The molecule has 1 aliphatic heterocycles. The summed E-state index contributed by atoms with van der Waals surface area (Å²) in [7, 11) is 0. The molecule has 3 aromatic carbocycles. The number of benzene rings is 3. The van der Waals surface area contributed by atoms with Crippen molar-refractivity contribution < 1.29 is 9.59 Å². The Balaban J connectivity index is 1.50. The number of amides is 2. The molecule has 0 unspecified atom stereocenters. The van der Waals surface area contributed by atoms with E-state index in [1.807, 2.05) is 78.9 Å². The summed E-state index contributed by atoms with van der Waals surface area (Å²) in [4.78, 5) is 31.6. The van der Waals surface area contributed by atoms with E-state index in [4.69, 9.17) is 0 Å². The van der Waals surface area contributed by atoms with Gasteiger partial charge in [0, 0.05) is 18.5 Å². The van der Waals surface area contributed by atoms with Crippen molar-refractivity contribution in [1.29, 1.82) is 0 Å². The molecule has 4 aromatic rings. The quantitative estimate of drug-likeness (QED) is 0.519. The number of rotatable bonds is 5. The molecule has 32 heavy (non-hydrogen) atoms. The first kappa shape index (κ1) is 19.7. The molecule has 2 heterocycles. The van der Waals surface area contributed by atoms with Crippen LogP contribution in [0.5, 0.6) is 0 Å². The Bertz CT molecular complexity index is 1210. The third-order valence-corrected chi connectivity index (χ3v) is 5.36. The van der Waals surface area contributed by atoms with Crippen LogP contribution < -0.4 is 10.2 Å². The van der Waals surface area contributed by atoms with Crippen LogP contribution in [-0.2, 0) is 4.79 Å². The van der Waals surface area contributed by atoms with E-state index in [-0.39, 0.29) is 11.7 Å². The lowest BCUT2D eigenvalue weighted by Gasteiger charge is -2.19. The fraction of sp³-hybridized carbons (Fsp3) is 0.120. The SMILES string of the molecule is O=C(Nc1ccccc1N1CCCC1=O)c1nc(-c2ccccc2)n(-c2ccccc2)n1. The summed E-state index contributed by atoms with van der Waals surface area (Å²) in [5, 5.41) is 7.40. The van der Waals surface area contributed by atoms with Crippen LogP contribution in [0.1, 0.15) is 23.5 Å². The highest BCUT2D eigenvalue weighted by Crippen LogP contribution is 2.30.